The molecule has 0 unspecified atom stereocenters. The zero-order valence-electron chi connectivity index (χ0n) is 22.3. The van der Waals surface area contributed by atoms with E-state index in [-0.39, 0.29) is 19.0 Å². The molecule has 8 heteroatoms. The molecule has 3 atom stereocenters. The van der Waals surface area contributed by atoms with E-state index in [1.165, 1.54) is 0 Å². The molecule has 1 N–H and O–H groups in total. The number of hydrogen-bond acceptors (Lipinski definition) is 8. The van der Waals surface area contributed by atoms with E-state index in [9.17, 15) is 14.4 Å². The number of ether oxygens (including phenoxy) is 4. The summed E-state index contributed by atoms with van der Waals surface area (Å²) >= 11 is 0. The first-order chi connectivity index (χ1) is 18.3. The van der Waals surface area contributed by atoms with Crippen LogP contribution in [0.4, 0.5) is 0 Å². The second-order valence-corrected chi connectivity index (χ2v) is 9.16. The van der Waals surface area contributed by atoms with Gasteiger partial charge >= 0.3 is 11.9 Å². The second-order valence-electron chi connectivity index (χ2n) is 9.16. The van der Waals surface area contributed by atoms with Crippen molar-refractivity contribution < 1.29 is 33.3 Å². The van der Waals surface area contributed by atoms with Crippen LogP contribution in [0.1, 0.15) is 50.2 Å². The SMILES string of the molecule is CCOC(=O)C1=C(C)NC2=C(C(=O)[C@@H](C(=O)OCC)[C@H](c3ccc(OC)cc3)C2)[C@@H]1c1ccc(OC)cc1. The lowest BCUT2D eigenvalue weighted by Crippen LogP contribution is -2.43. The van der Waals surface area contributed by atoms with Crippen molar-refractivity contribution in [1.82, 2.24) is 5.32 Å². The van der Waals surface area contributed by atoms with Gasteiger partial charge in [-0.15, -0.1) is 0 Å². The van der Waals surface area contributed by atoms with Crippen LogP contribution in [0.15, 0.2) is 71.1 Å². The first kappa shape index (κ1) is 27.0. The number of nitrogens with one attached hydrogen (secondary N) is 1. The lowest BCUT2D eigenvalue weighted by atomic mass is 9.67. The van der Waals surface area contributed by atoms with Crippen molar-refractivity contribution >= 4 is 17.7 Å². The van der Waals surface area contributed by atoms with Gasteiger partial charge in [0.25, 0.3) is 0 Å². The fraction of sp³-hybridized carbons (Fsp3) is 0.367. The van der Waals surface area contributed by atoms with Gasteiger partial charge in [0.2, 0.25) is 0 Å². The maximum absolute atomic E-state index is 14.3. The van der Waals surface area contributed by atoms with Gasteiger partial charge in [-0.1, -0.05) is 24.3 Å². The molecule has 0 saturated carbocycles. The third-order valence-corrected chi connectivity index (χ3v) is 7.05. The first-order valence-electron chi connectivity index (χ1n) is 12.7. The first-order valence-corrected chi connectivity index (χ1v) is 12.7. The maximum Gasteiger partial charge on any atom is 0.336 e. The van der Waals surface area contributed by atoms with E-state index < -0.39 is 29.7 Å². The highest BCUT2D eigenvalue weighted by Gasteiger charge is 2.49. The molecule has 2 aliphatic rings. The highest BCUT2D eigenvalue weighted by molar-refractivity contribution is 6.13. The molecule has 0 amide bonds. The zero-order chi connectivity index (χ0) is 27.4. The van der Waals surface area contributed by atoms with Crippen molar-refractivity contribution in [2.75, 3.05) is 27.4 Å². The number of esters is 2. The largest absolute Gasteiger partial charge is 0.497 e. The minimum atomic E-state index is -1.06. The molecule has 2 aromatic carbocycles. The molecular weight excluding hydrogens is 486 g/mol. The van der Waals surface area contributed by atoms with Crippen LogP contribution in [0.25, 0.3) is 0 Å². The van der Waals surface area contributed by atoms with Crippen molar-refractivity contribution in [3.05, 3.63) is 82.2 Å². The molecule has 1 heterocycles. The van der Waals surface area contributed by atoms with Crippen molar-refractivity contribution in [2.24, 2.45) is 5.92 Å². The Labute approximate surface area is 222 Å². The molecule has 0 bridgehead atoms. The van der Waals surface area contributed by atoms with Crippen LogP contribution in [-0.4, -0.2) is 45.2 Å². The van der Waals surface area contributed by atoms with E-state index in [2.05, 4.69) is 5.32 Å². The van der Waals surface area contributed by atoms with E-state index in [4.69, 9.17) is 18.9 Å². The highest BCUT2D eigenvalue weighted by Crippen LogP contribution is 2.48. The van der Waals surface area contributed by atoms with E-state index in [1.54, 1.807) is 47.1 Å². The Kier molecular flexibility index (Phi) is 8.20. The van der Waals surface area contributed by atoms with E-state index >= 15 is 0 Å². The number of dihydropyridines is 1. The summed E-state index contributed by atoms with van der Waals surface area (Å²) in [4.78, 5) is 40.7. The fourth-order valence-electron chi connectivity index (χ4n) is 5.31. The van der Waals surface area contributed by atoms with Crippen LogP contribution in [0, 0.1) is 5.92 Å². The van der Waals surface area contributed by atoms with Crippen molar-refractivity contribution in [1.29, 1.82) is 0 Å². The zero-order valence-corrected chi connectivity index (χ0v) is 22.3. The van der Waals surface area contributed by atoms with Crippen LogP contribution in [0.5, 0.6) is 11.5 Å². The summed E-state index contributed by atoms with van der Waals surface area (Å²) < 4.78 is 21.4. The third-order valence-electron chi connectivity index (χ3n) is 7.05. The number of ketones is 1. The van der Waals surface area contributed by atoms with Crippen LogP contribution in [-0.2, 0) is 23.9 Å². The molecular formula is C30H33NO7. The minimum absolute atomic E-state index is 0.150. The van der Waals surface area contributed by atoms with Gasteiger partial charge in [0, 0.05) is 28.8 Å². The topological polar surface area (TPSA) is 100 Å². The van der Waals surface area contributed by atoms with Crippen molar-refractivity contribution in [3.8, 4) is 11.5 Å². The summed E-state index contributed by atoms with van der Waals surface area (Å²) in [7, 11) is 3.15. The van der Waals surface area contributed by atoms with Gasteiger partial charge in [-0.3, -0.25) is 9.59 Å². The van der Waals surface area contributed by atoms with Gasteiger partial charge in [0.1, 0.15) is 17.4 Å². The van der Waals surface area contributed by atoms with Crippen LogP contribution in [0.2, 0.25) is 0 Å². The average Bonchev–Trinajstić information content (AvgIpc) is 2.92. The molecule has 8 nitrogen and oxygen atoms in total. The number of carbonyl (C=O) groups excluding carboxylic acids is 3. The van der Waals surface area contributed by atoms with Gasteiger partial charge in [-0.25, -0.2) is 4.79 Å². The normalized spacial score (nSPS) is 20.9. The molecule has 0 spiro atoms. The summed E-state index contributed by atoms with van der Waals surface area (Å²) in [6.07, 6.45) is 0.386. The number of methoxy groups -OCH3 is 2. The minimum Gasteiger partial charge on any atom is -0.497 e. The molecule has 1 aliphatic heterocycles. The van der Waals surface area contributed by atoms with Crippen LogP contribution >= 0.6 is 0 Å². The smallest absolute Gasteiger partial charge is 0.336 e. The molecule has 0 aromatic heterocycles. The molecule has 2 aromatic rings. The number of Topliss-reactive ketones (excluding diaryl/α,β-unsaturated/α-hetero) is 1. The summed E-state index contributed by atoms with van der Waals surface area (Å²) in [6.45, 7) is 5.59. The molecule has 0 fully saturated rings. The summed E-state index contributed by atoms with van der Waals surface area (Å²) in [5.74, 6) is -2.36. The predicted molar refractivity (Wildman–Crippen MR) is 141 cm³/mol. The number of hydrogen-bond donors (Lipinski definition) is 1. The lowest BCUT2D eigenvalue weighted by Gasteiger charge is -2.39. The van der Waals surface area contributed by atoms with Crippen molar-refractivity contribution in [3.63, 3.8) is 0 Å². The van der Waals surface area contributed by atoms with E-state index in [0.717, 1.165) is 11.1 Å². The number of benzene rings is 2. The monoisotopic (exact) mass is 519 g/mol. The van der Waals surface area contributed by atoms with Gasteiger partial charge < -0.3 is 24.3 Å². The molecule has 4 rings (SSSR count). The Balaban J connectivity index is 1.87. The Hall–Kier alpha value is -4.07. The second kappa shape index (κ2) is 11.5. The quantitative estimate of drug-likeness (QED) is 0.404. The molecule has 200 valence electrons. The van der Waals surface area contributed by atoms with E-state index in [1.807, 2.05) is 36.4 Å². The standard InChI is InChI=1S/C30H33NO7/c1-6-37-29(33)24-17(3)31-23-16-22(18-8-12-20(35-4)13-9-18)26(30(34)38-7-2)28(32)27(23)25(24)19-10-14-21(36-5)15-11-19/h8-15,22,25-26,31H,6-7,16H2,1-5H3/t22-,25+,26-/m0/s1. The number of allylic oxidation sites excluding steroid dienone is 3. The summed E-state index contributed by atoms with van der Waals surface area (Å²) in [5.41, 5.74) is 3.56. The molecule has 0 radical (unpaired) electrons. The number of carbonyl (C=O) groups is 3. The number of rotatable bonds is 8. The Bertz CT molecular complexity index is 1270. The van der Waals surface area contributed by atoms with Crippen LogP contribution < -0.4 is 14.8 Å². The Morgan fingerprint density at radius 1 is 0.868 bits per heavy atom. The maximum atomic E-state index is 14.3. The van der Waals surface area contributed by atoms with E-state index in [0.29, 0.717) is 40.5 Å². The average molecular weight is 520 g/mol. The molecule has 38 heavy (non-hydrogen) atoms. The van der Waals surface area contributed by atoms with Gasteiger partial charge in [0.15, 0.2) is 5.78 Å². The highest BCUT2D eigenvalue weighted by atomic mass is 16.5. The lowest BCUT2D eigenvalue weighted by molar-refractivity contribution is -0.152. The fourth-order valence-corrected chi connectivity index (χ4v) is 5.31. The molecule has 0 saturated heterocycles. The summed E-state index contributed by atoms with van der Waals surface area (Å²) in [6, 6.07) is 14.6. The third kappa shape index (κ3) is 5.03. The molecule has 1 aliphatic carbocycles. The van der Waals surface area contributed by atoms with Crippen LogP contribution in [0.3, 0.4) is 0 Å². The van der Waals surface area contributed by atoms with Gasteiger partial charge in [0.05, 0.1) is 33.0 Å². The summed E-state index contributed by atoms with van der Waals surface area (Å²) in [5, 5.41) is 3.31. The predicted octanol–water partition coefficient (Wildman–Crippen LogP) is 4.42. The van der Waals surface area contributed by atoms with Crippen molar-refractivity contribution in [2.45, 2.75) is 39.0 Å². The van der Waals surface area contributed by atoms with Gasteiger partial charge in [-0.05, 0) is 62.6 Å². The Morgan fingerprint density at radius 2 is 1.42 bits per heavy atom. The Morgan fingerprint density at radius 3 is 1.95 bits per heavy atom. The van der Waals surface area contributed by atoms with Gasteiger partial charge in [-0.2, -0.15) is 0 Å².